The molecule has 100 valence electrons. The number of nitrogens with two attached hydrogens (primary N) is 2. The minimum Gasteiger partial charge on any atom is -0.368 e. The third-order valence-corrected chi connectivity index (χ3v) is 2.38. The van der Waals surface area contributed by atoms with E-state index in [1.807, 2.05) is 0 Å². The average Bonchev–Trinajstić information content (AvgIpc) is 2.36. The monoisotopic (exact) mass is 260 g/mol. The predicted octanol–water partition coefficient (Wildman–Crippen LogP) is -0.614. The van der Waals surface area contributed by atoms with Gasteiger partial charge in [0.25, 0.3) is 5.91 Å². The number of hydrogen-bond donors (Lipinski definition) is 3. The van der Waals surface area contributed by atoms with Gasteiger partial charge >= 0.3 is 0 Å². The lowest BCUT2D eigenvalue weighted by Gasteiger charge is -2.22. The van der Waals surface area contributed by atoms with Crippen LogP contribution >= 0.6 is 0 Å². The molecule has 0 radical (unpaired) electrons. The molecule has 0 spiro atoms. The van der Waals surface area contributed by atoms with Gasteiger partial charge < -0.3 is 16.8 Å². The molecular weight excluding hydrogens is 244 g/mol. The van der Waals surface area contributed by atoms with E-state index < -0.39 is 17.4 Å². The summed E-state index contributed by atoms with van der Waals surface area (Å²) in [5.74, 6) is 4.39. The number of pyridine rings is 1. The molecule has 1 rings (SSSR count). The number of nitrogens with zero attached hydrogens (tertiary/aromatic N) is 1. The number of carbonyl (C=O) groups is 2. The topological polar surface area (TPSA) is 111 Å². The van der Waals surface area contributed by atoms with Gasteiger partial charge in [0.05, 0.1) is 12.1 Å². The van der Waals surface area contributed by atoms with Crippen molar-refractivity contribution in [3.05, 3.63) is 29.6 Å². The van der Waals surface area contributed by atoms with Gasteiger partial charge in [-0.3, -0.25) is 14.6 Å². The minimum absolute atomic E-state index is 0.227. The van der Waals surface area contributed by atoms with Crippen LogP contribution in [0.25, 0.3) is 0 Å². The summed E-state index contributed by atoms with van der Waals surface area (Å²) in [6.45, 7) is 3.28. The van der Waals surface area contributed by atoms with Crippen LogP contribution in [0.2, 0.25) is 0 Å². The van der Waals surface area contributed by atoms with Crippen LogP contribution in [0.15, 0.2) is 18.5 Å². The second kappa shape index (κ2) is 5.98. The lowest BCUT2D eigenvalue weighted by atomic mass is 10.0. The summed E-state index contributed by atoms with van der Waals surface area (Å²) in [6.07, 6.45) is 2.92. The molecule has 19 heavy (non-hydrogen) atoms. The highest BCUT2D eigenvalue weighted by Gasteiger charge is 2.27. The highest BCUT2D eigenvalue weighted by molar-refractivity contribution is 5.98. The van der Waals surface area contributed by atoms with Gasteiger partial charge in [-0.25, -0.2) is 0 Å². The van der Waals surface area contributed by atoms with Gasteiger partial charge in [0.15, 0.2) is 0 Å². The smallest absolute Gasteiger partial charge is 0.253 e. The molecule has 0 atom stereocenters. The second-order valence-corrected chi connectivity index (χ2v) is 4.41. The Bertz CT molecular complexity index is 555. The van der Waals surface area contributed by atoms with Gasteiger partial charge in [0.2, 0.25) is 5.91 Å². The third-order valence-electron chi connectivity index (χ3n) is 2.38. The van der Waals surface area contributed by atoms with Crippen LogP contribution in [-0.2, 0) is 4.79 Å². The van der Waals surface area contributed by atoms with Crippen molar-refractivity contribution in [1.82, 2.24) is 10.3 Å². The molecule has 0 aliphatic carbocycles. The molecule has 0 aliphatic rings. The first-order valence-corrected chi connectivity index (χ1v) is 5.63. The summed E-state index contributed by atoms with van der Waals surface area (Å²) >= 11 is 0. The van der Waals surface area contributed by atoms with Crippen molar-refractivity contribution in [3.8, 4) is 11.8 Å². The molecular formula is C13H16N4O2. The zero-order valence-corrected chi connectivity index (χ0v) is 10.9. The van der Waals surface area contributed by atoms with Gasteiger partial charge in [0.1, 0.15) is 5.54 Å². The zero-order chi connectivity index (χ0) is 14.5. The van der Waals surface area contributed by atoms with Gasteiger partial charge in [-0.15, -0.1) is 0 Å². The average molecular weight is 260 g/mol. The van der Waals surface area contributed by atoms with Gasteiger partial charge in [0, 0.05) is 18.0 Å². The number of aromatic nitrogens is 1. The molecule has 0 aromatic carbocycles. The summed E-state index contributed by atoms with van der Waals surface area (Å²) in [4.78, 5) is 27.0. The fourth-order valence-corrected chi connectivity index (χ4v) is 1.20. The maximum Gasteiger partial charge on any atom is 0.253 e. The molecule has 0 saturated carbocycles. The molecule has 1 aromatic rings. The number of primary amides is 1. The van der Waals surface area contributed by atoms with Gasteiger partial charge in [-0.2, -0.15) is 0 Å². The number of nitrogens with one attached hydrogen (secondary N) is 1. The maximum atomic E-state index is 12.0. The minimum atomic E-state index is -1.13. The first kappa shape index (κ1) is 14.7. The highest BCUT2D eigenvalue weighted by atomic mass is 16.2. The van der Waals surface area contributed by atoms with Crippen LogP contribution in [-0.4, -0.2) is 28.9 Å². The Morgan fingerprint density at radius 2 is 2.11 bits per heavy atom. The Labute approximate surface area is 111 Å². The lowest BCUT2D eigenvalue weighted by molar-refractivity contribution is -0.122. The summed E-state index contributed by atoms with van der Waals surface area (Å²) in [6, 6.07) is 1.57. The normalized spacial score (nSPS) is 10.3. The second-order valence-electron chi connectivity index (χ2n) is 4.41. The van der Waals surface area contributed by atoms with Crippen molar-refractivity contribution >= 4 is 11.8 Å². The summed E-state index contributed by atoms with van der Waals surface area (Å²) < 4.78 is 0. The van der Waals surface area contributed by atoms with Crippen molar-refractivity contribution in [3.63, 3.8) is 0 Å². The van der Waals surface area contributed by atoms with E-state index in [1.54, 1.807) is 6.07 Å². The number of carbonyl (C=O) groups excluding carboxylic acids is 2. The quantitative estimate of drug-likeness (QED) is 0.629. The molecule has 0 unspecified atom stereocenters. The van der Waals surface area contributed by atoms with Crippen molar-refractivity contribution in [2.75, 3.05) is 6.54 Å². The Morgan fingerprint density at radius 1 is 1.42 bits per heavy atom. The van der Waals surface area contributed by atoms with E-state index in [2.05, 4.69) is 22.1 Å². The van der Waals surface area contributed by atoms with Crippen molar-refractivity contribution in [1.29, 1.82) is 0 Å². The van der Waals surface area contributed by atoms with Crippen LogP contribution in [0.3, 0.4) is 0 Å². The third kappa shape index (κ3) is 4.08. The molecule has 1 heterocycles. The Morgan fingerprint density at radius 3 is 2.68 bits per heavy atom. The maximum absolute atomic E-state index is 12.0. The summed E-state index contributed by atoms with van der Waals surface area (Å²) in [5.41, 5.74) is 10.2. The van der Waals surface area contributed by atoms with Crippen molar-refractivity contribution < 1.29 is 9.59 Å². The van der Waals surface area contributed by atoms with Crippen LogP contribution < -0.4 is 16.8 Å². The molecule has 0 bridgehead atoms. The van der Waals surface area contributed by atoms with Crippen LogP contribution in [0, 0.1) is 11.8 Å². The lowest BCUT2D eigenvalue weighted by Crippen LogP contribution is -2.53. The Balaban J connectivity index is 2.92. The number of amides is 2. The molecule has 1 aromatic heterocycles. The van der Waals surface area contributed by atoms with E-state index in [0.717, 1.165) is 0 Å². The van der Waals surface area contributed by atoms with E-state index in [4.69, 9.17) is 11.5 Å². The standard InChI is InChI=1S/C13H16N4O2/c1-13(2,12(15)19)17-11(18)10-6-9(4-3-5-14)7-16-8-10/h6-8H,5,14H2,1-2H3,(H2,15,19)(H,17,18). The molecule has 0 saturated heterocycles. The Kier molecular flexibility index (Phi) is 4.62. The summed E-state index contributed by atoms with van der Waals surface area (Å²) in [5, 5.41) is 2.53. The number of hydrogen-bond acceptors (Lipinski definition) is 4. The Hall–Kier alpha value is -2.39. The van der Waals surface area contributed by atoms with E-state index >= 15 is 0 Å². The van der Waals surface area contributed by atoms with E-state index in [9.17, 15) is 9.59 Å². The largest absolute Gasteiger partial charge is 0.368 e. The molecule has 0 fully saturated rings. The number of rotatable bonds is 3. The van der Waals surface area contributed by atoms with E-state index in [0.29, 0.717) is 11.1 Å². The van der Waals surface area contributed by atoms with Gasteiger partial charge in [-0.1, -0.05) is 11.8 Å². The first-order valence-electron chi connectivity index (χ1n) is 5.63. The molecule has 2 amide bonds. The predicted molar refractivity (Wildman–Crippen MR) is 70.9 cm³/mol. The fourth-order valence-electron chi connectivity index (χ4n) is 1.20. The van der Waals surface area contributed by atoms with Gasteiger partial charge in [-0.05, 0) is 19.9 Å². The zero-order valence-electron chi connectivity index (χ0n) is 10.9. The summed E-state index contributed by atoms with van der Waals surface area (Å²) in [7, 11) is 0. The van der Waals surface area contributed by atoms with Crippen molar-refractivity contribution in [2.24, 2.45) is 11.5 Å². The van der Waals surface area contributed by atoms with Crippen molar-refractivity contribution in [2.45, 2.75) is 19.4 Å². The highest BCUT2D eigenvalue weighted by Crippen LogP contribution is 2.06. The van der Waals surface area contributed by atoms with Crippen LogP contribution in [0.5, 0.6) is 0 Å². The molecule has 6 heteroatoms. The first-order chi connectivity index (χ1) is 8.86. The van der Waals surface area contributed by atoms with E-state index in [-0.39, 0.29) is 6.54 Å². The molecule has 0 aliphatic heterocycles. The SMILES string of the molecule is CC(C)(NC(=O)c1cncc(C#CCN)c1)C(N)=O. The fraction of sp³-hybridized carbons (Fsp3) is 0.308. The van der Waals surface area contributed by atoms with Crippen LogP contribution in [0.4, 0.5) is 0 Å². The van der Waals surface area contributed by atoms with E-state index in [1.165, 1.54) is 26.2 Å². The molecule has 6 nitrogen and oxygen atoms in total. The van der Waals surface area contributed by atoms with Crippen LogP contribution in [0.1, 0.15) is 29.8 Å². The molecule has 5 N–H and O–H groups in total.